The number of aryl methyl sites for hydroxylation is 1. The summed E-state index contributed by atoms with van der Waals surface area (Å²) in [6, 6.07) is 8.01. The number of benzene rings is 1. The van der Waals surface area contributed by atoms with Crippen molar-refractivity contribution in [3.05, 3.63) is 29.8 Å². The maximum atomic E-state index is 12.4. The maximum Gasteiger partial charge on any atom is 0.234 e. The third-order valence-electron chi connectivity index (χ3n) is 4.05. The van der Waals surface area contributed by atoms with Gasteiger partial charge in [-0.05, 0) is 38.4 Å². The second-order valence-electron chi connectivity index (χ2n) is 6.14. The van der Waals surface area contributed by atoms with Gasteiger partial charge in [-0.2, -0.15) is 0 Å². The molecule has 0 aliphatic carbocycles. The Hall–Kier alpha value is -1.53. The summed E-state index contributed by atoms with van der Waals surface area (Å²) in [6.45, 7) is 6.75. The van der Waals surface area contributed by atoms with Gasteiger partial charge in [-0.3, -0.25) is 9.59 Å². The van der Waals surface area contributed by atoms with E-state index in [2.05, 4.69) is 17.6 Å². The summed E-state index contributed by atoms with van der Waals surface area (Å²) in [4.78, 5) is 26.4. The zero-order chi connectivity index (χ0) is 17.4. The summed E-state index contributed by atoms with van der Waals surface area (Å²) in [5.41, 5.74) is 1.95. The molecule has 1 aromatic carbocycles. The molecule has 1 unspecified atom stereocenters. The van der Waals surface area contributed by atoms with Crippen LogP contribution in [-0.2, 0) is 9.59 Å². The van der Waals surface area contributed by atoms with Gasteiger partial charge in [0, 0.05) is 24.8 Å². The van der Waals surface area contributed by atoms with E-state index >= 15 is 0 Å². The SMILES string of the molecule is CCCN(C(=O)CSCC(=O)Nc1ccc(C)cc1)C1CCNC1. The van der Waals surface area contributed by atoms with Crippen molar-refractivity contribution in [3.8, 4) is 0 Å². The van der Waals surface area contributed by atoms with Crippen molar-refractivity contribution in [2.45, 2.75) is 32.7 Å². The van der Waals surface area contributed by atoms with Crippen molar-refractivity contribution in [1.82, 2.24) is 10.2 Å². The molecule has 1 fully saturated rings. The number of rotatable bonds is 8. The second-order valence-corrected chi connectivity index (χ2v) is 7.13. The first-order valence-corrected chi connectivity index (χ1v) is 9.70. The minimum absolute atomic E-state index is 0.0683. The molecule has 0 radical (unpaired) electrons. The van der Waals surface area contributed by atoms with Crippen LogP contribution in [0.1, 0.15) is 25.3 Å². The van der Waals surface area contributed by atoms with E-state index in [-0.39, 0.29) is 11.8 Å². The van der Waals surface area contributed by atoms with Crippen molar-refractivity contribution in [3.63, 3.8) is 0 Å². The molecule has 1 aliphatic heterocycles. The molecule has 0 spiro atoms. The van der Waals surface area contributed by atoms with E-state index in [9.17, 15) is 9.59 Å². The molecular formula is C18H27N3O2S. The number of hydrogen-bond acceptors (Lipinski definition) is 4. The van der Waals surface area contributed by atoms with E-state index in [1.54, 1.807) is 0 Å². The van der Waals surface area contributed by atoms with E-state index in [0.717, 1.165) is 43.7 Å². The van der Waals surface area contributed by atoms with Crippen molar-refractivity contribution in [2.75, 3.05) is 36.5 Å². The van der Waals surface area contributed by atoms with Crippen LogP contribution in [0, 0.1) is 6.92 Å². The zero-order valence-corrected chi connectivity index (χ0v) is 15.3. The molecule has 6 heteroatoms. The molecule has 0 aromatic heterocycles. The van der Waals surface area contributed by atoms with Gasteiger partial charge in [0.15, 0.2) is 0 Å². The Bertz CT molecular complexity index is 542. The Morgan fingerprint density at radius 2 is 2.04 bits per heavy atom. The fourth-order valence-electron chi connectivity index (χ4n) is 2.81. The number of nitrogens with zero attached hydrogens (tertiary/aromatic N) is 1. The molecule has 0 bridgehead atoms. The van der Waals surface area contributed by atoms with Gasteiger partial charge in [0.1, 0.15) is 0 Å². The molecule has 1 aliphatic rings. The topological polar surface area (TPSA) is 61.4 Å². The number of amides is 2. The number of thioether (sulfide) groups is 1. The van der Waals surface area contributed by atoms with Crippen LogP contribution in [0.15, 0.2) is 24.3 Å². The predicted molar refractivity (Wildman–Crippen MR) is 100 cm³/mol. The smallest absolute Gasteiger partial charge is 0.234 e. The highest BCUT2D eigenvalue weighted by atomic mass is 32.2. The molecule has 1 saturated heterocycles. The highest BCUT2D eigenvalue weighted by Crippen LogP contribution is 2.13. The molecular weight excluding hydrogens is 322 g/mol. The third-order valence-corrected chi connectivity index (χ3v) is 4.97. The standard InChI is InChI=1S/C18H27N3O2S/c1-3-10-21(16-8-9-19-11-16)18(23)13-24-12-17(22)20-15-6-4-14(2)5-7-15/h4-7,16,19H,3,8-13H2,1-2H3,(H,20,22). The number of carbonyl (C=O) groups is 2. The maximum absolute atomic E-state index is 12.4. The van der Waals surface area contributed by atoms with E-state index in [1.807, 2.05) is 36.1 Å². The minimum atomic E-state index is -0.0683. The third kappa shape index (κ3) is 5.83. The van der Waals surface area contributed by atoms with Gasteiger partial charge in [0.05, 0.1) is 11.5 Å². The first-order valence-electron chi connectivity index (χ1n) is 8.54. The van der Waals surface area contributed by atoms with Crippen LogP contribution in [0.2, 0.25) is 0 Å². The summed E-state index contributed by atoms with van der Waals surface area (Å²) in [7, 11) is 0. The summed E-state index contributed by atoms with van der Waals surface area (Å²) in [5, 5.41) is 6.16. The number of carbonyl (C=O) groups excluding carboxylic acids is 2. The van der Waals surface area contributed by atoms with Gasteiger partial charge >= 0.3 is 0 Å². The zero-order valence-electron chi connectivity index (χ0n) is 14.5. The summed E-state index contributed by atoms with van der Waals surface area (Å²) >= 11 is 1.38. The summed E-state index contributed by atoms with van der Waals surface area (Å²) in [6.07, 6.45) is 1.98. The van der Waals surface area contributed by atoms with E-state index < -0.39 is 0 Å². The summed E-state index contributed by atoms with van der Waals surface area (Å²) in [5.74, 6) is 0.722. The van der Waals surface area contributed by atoms with Crippen LogP contribution >= 0.6 is 11.8 Å². The monoisotopic (exact) mass is 349 g/mol. The van der Waals surface area contributed by atoms with Crippen LogP contribution < -0.4 is 10.6 Å². The first kappa shape index (κ1) is 18.8. The Kier molecular flexibility index (Phi) is 7.59. The van der Waals surface area contributed by atoms with Crippen molar-refractivity contribution < 1.29 is 9.59 Å². The Morgan fingerprint density at radius 3 is 2.67 bits per heavy atom. The molecule has 1 heterocycles. The second kappa shape index (κ2) is 9.69. The lowest BCUT2D eigenvalue weighted by Crippen LogP contribution is -2.43. The molecule has 1 atom stereocenters. The van der Waals surface area contributed by atoms with Crippen LogP contribution in [0.3, 0.4) is 0 Å². The first-order chi connectivity index (χ1) is 11.6. The molecule has 2 N–H and O–H groups in total. The van der Waals surface area contributed by atoms with Crippen molar-refractivity contribution in [1.29, 1.82) is 0 Å². The van der Waals surface area contributed by atoms with E-state index in [4.69, 9.17) is 0 Å². The van der Waals surface area contributed by atoms with Gasteiger partial charge in [0.2, 0.25) is 11.8 Å². The van der Waals surface area contributed by atoms with Gasteiger partial charge < -0.3 is 15.5 Å². The largest absolute Gasteiger partial charge is 0.338 e. The van der Waals surface area contributed by atoms with Gasteiger partial charge in [-0.1, -0.05) is 24.6 Å². The quantitative estimate of drug-likeness (QED) is 0.756. The molecule has 2 rings (SSSR count). The minimum Gasteiger partial charge on any atom is -0.338 e. The molecule has 1 aromatic rings. The average Bonchev–Trinajstić information content (AvgIpc) is 3.08. The molecule has 132 valence electrons. The number of nitrogens with one attached hydrogen (secondary N) is 2. The lowest BCUT2D eigenvalue weighted by atomic mass is 10.2. The highest BCUT2D eigenvalue weighted by molar-refractivity contribution is 8.00. The van der Waals surface area contributed by atoms with Crippen molar-refractivity contribution in [2.24, 2.45) is 0 Å². The highest BCUT2D eigenvalue weighted by Gasteiger charge is 2.25. The Morgan fingerprint density at radius 1 is 1.29 bits per heavy atom. The van der Waals surface area contributed by atoms with E-state index in [0.29, 0.717) is 17.5 Å². The lowest BCUT2D eigenvalue weighted by molar-refractivity contribution is -0.130. The van der Waals surface area contributed by atoms with Crippen LogP contribution in [0.25, 0.3) is 0 Å². The Labute approximate surface area is 148 Å². The Balaban J connectivity index is 1.74. The number of hydrogen-bond donors (Lipinski definition) is 2. The predicted octanol–water partition coefficient (Wildman–Crippen LogP) is 2.27. The average molecular weight is 350 g/mol. The lowest BCUT2D eigenvalue weighted by Gasteiger charge is -2.28. The summed E-state index contributed by atoms with van der Waals surface area (Å²) < 4.78 is 0. The van der Waals surface area contributed by atoms with Gasteiger partial charge in [-0.25, -0.2) is 0 Å². The fraction of sp³-hybridized carbons (Fsp3) is 0.556. The van der Waals surface area contributed by atoms with Gasteiger partial charge in [0.25, 0.3) is 0 Å². The van der Waals surface area contributed by atoms with Crippen LogP contribution in [-0.4, -0.2) is 53.9 Å². The van der Waals surface area contributed by atoms with E-state index in [1.165, 1.54) is 11.8 Å². The molecule has 5 nitrogen and oxygen atoms in total. The molecule has 0 saturated carbocycles. The van der Waals surface area contributed by atoms with Crippen LogP contribution in [0.5, 0.6) is 0 Å². The van der Waals surface area contributed by atoms with Crippen LogP contribution in [0.4, 0.5) is 5.69 Å². The molecule has 24 heavy (non-hydrogen) atoms. The van der Waals surface area contributed by atoms with Crippen molar-refractivity contribution >= 4 is 29.3 Å². The molecule has 2 amide bonds. The fourth-order valence-corrected chi connectivity index (χ4v) is 3.51. The van der Waals surface area contributed by atoms with Gasteiger partial charge in [-0.15, -0.1) is 11.8 Å². The normalized spacial score (nSPS) is 16.8. The number of anilines is 1.